The fourth-order valence-corrected chi connectivity index (χ4v) is 2.66. The maximum absolute atomic E-state index is 10.9. The number of nitrogens with zero attached hydrogens (tertiary/aromatic N) is 1. The van der Waals surface area contributed by atoms with Crippen molar-refractivity contribution in [2.75, 3.05) is 26.2 Å². The summed E-state index contributed by atoms with van der Waals surface area (Å²) in [6.45, 7) is 3.68. The van der Waals surface area contributed by atoms with Crippen LogP contribution >= 0.6 is 0 Å². The number of ether oxygens (including phenoxy) is 1. The molecule has 0 aliphatic carbocycles. The summed E-state index contributed by atoms with van der Waals surface area (Å²) in [7, 11) is 0. The minimum atomic E-state index is -0.637. The maximum atomic E-state index is 10.9. The second-order valence-electron chi connectivity index (χ2n) is 4.90. The van der Waals surface area contributed by atoms with E-state index in [0.29, 0.717) is 6.10 Å². The van der Waals surface area contributed by atoms with Crippen molar-refractivity contribution in [2.45, 2.75) is 38.2 Å². The molecule has 4 heteroatoms. The predicted molar refractivity (Wildman–Crippen MR) is 60.4 cm³/mol. The number of likely N-dealkylation sites (tertiary alicyclic amines) is 1. The van der Waals surface area contributed by atoms with Gasteiger partial charge in [0.2, 0.25) is 0 Å². The Kier molecular flexibility index (Phi) is 4.18. The van der Waals surface area contributed by atoms with Crippen molar-refractivity contribution in [2.24, 2.45) is 5.92 Å². The Balaban J connectivity index is 1.70. The molecule has 0 saturated carbocycles. The number of carboxylic acids is 1. The van der Waals surface area contributed by atoms with Gasteiger partial charge in [-0.15, -0.1) is 0 Å². The first-order chi connectivity index (χ1) is 7.75. The monoisotopic (exact) mass is 227 g/mol. The molecule has 2 aliphatic heterocycles. The van der Waals surface area contributed by atoms with Crippen LogP contribution in [0.4, 0.5) is 0 Å². The molecule has 92 valence electrons. The van der Waals surface area contributed by atoms with Crippen LogP contribution < -0.4 is 0 Å². The van der Waals surface area contributed by atoms with Gasteiger partial charge in [0.1, 0.15) is 0 Å². The number of hydrogen-bond donors (Lipinski definition) is 1. The number of piperidine rings is 1. The van der Waals surface area contributed by atoms with E-state index in [-0.39, 0.29) is 5.92 Å². The van der Waals surface area contributed by atoms with Crippen molar-refractivity contribution in [3.63, 3.8) is 0 Å². The van der Waals surface area contributed by atoms with E-state index >= 15 is 0 Å². The molecule has 1 N–H and O–H groups in total. The van der Waals surface area contributed by atoms with Gasteiger partial charge in [0, 0.05) is 19.7 Å². The average Bonchev–Trinajstić information content (AvgIpc) is 2.79. The molecule has 0 aromatic heterocycles. The van der Waals surface area contributed by atoms with E-state index in [1.807, 2.05) is 0 Å². The summed E-state index contributed by atoms with van der Waals surface area (Å²) in [5, 5.41) is 8.98. The first-order valence-electron chi connectivity index (χ1n) is 6.32. The smallest absolute Gasteiger partial charge is 0.307 e. The largest absolute Gasteiger partial charge is 0.481 e. The number of hydrogen-bond acceptors (Lipinski definition) is 3. The maximum Gasteiger partial charge on any atom is 0.307 e. The first kappa shape index (κ1) is 11.9. The summed E-state index contributed by atoms with van der Waals surface area (Å²) in [5.74, 6) is -0.792. The molecule has 2 unspecified atom stereocenters. The van der Waals surface area contributed by atoms with Crippen molar-refractivity contribution >= 4 is 5.97 Å². The third-order valence-corrected chi connectivity index (χ3v) is 3.65. The Bertz CT molecular complexity index is 238. The Morgan fingerprint density at radius 2 is 2.25 bits per heavy atom. The SMILES string of the molecule is O=C(O)C1CCCN(CCC2CCCO2)C1. The molecule has 4 nitrogen and oxygen atoms in total. The van der Waals surface area contributed by atoms with Crippen LogP contribution in [0.2, 0.25) is 0 Å². The molecule has 0 amide bonds. The fourth-order valence-electron chi connectivity index (χ4n) is 2.66. The highest BCUT2D eigenvalue weighted by Crippen LogP contribution is 2.19. The van der Waals surface area contributed by atoms with Gasteiger partial charge in [-0.05, 0) is 38.6 Å². The summed E-state index contributed by atoms with van der Waals surface area (Å²) >= 11 is 0. The van der Waals surface area contributed by atoms with Gasteiger partial charge in [0.25, 0.3) is 0 Å². The molecule has 2 saturated heterocycles. The molecule has 2 rings (SSSR count). The van der Waals surface area contributed by atoms with E-state index < -0.39 is 5.97 Å². The summed E-state index contributed by atoms with van der Waals surface area (Å²) in [5.41, 5.74) is 0. The number of carbonyl (C=O) groups is 1. The van der Waals surface area contributed by atoms with Crippen LogP contribution in [0, 0.1) is 5.92 Å². The van der Waals surface area contributed by atoms with E-state index in [4.69, 9.17) is 9.84 Å². The molecule has 2 heterocycles. The zero-order valence-electron chi connectivity index (χ0n) is 9.73. The molecule has 16 heavy (non-hydrogen) atoms. The van der Waals surface area contributed by atoms with E-state index in [1.54, 1.807) is 0 Å². The molecule has 0 aromatic carbocycles. The van der Waals surface area contributed by atoms with E-state index in [2.05, 4.69) is 4.90 Å². The number of aliphatic carboxylic acids is 1. The van der Waals surface area contributed by atoms with Crippen LogP contribution in [-0.2, 0) is 9.53 Å². The Labute approximate surface area is 96.6 Å². The third-order valence-electron chi connectivity index (χ3n) is 3.65. The summed E-state index contributed by atoms with van der Waals surface area (Å²) in [6, 6.07) is 0. The average molecular weight is 227 g/mol. The van der Waals surface area contributed by atoms with Crippen molar-refractivity contribution in [3.05, 3.63) is 0 Å². The van der Waals surface area contributed by atoms with Gasteiger partial charge < -0.3 is 14.7 Å². The van der Waals surface area contributed by atoms with Crippen LogP contribution in [0.25, 0.3) is 0 Å². The highest BCUT2D eigenvalue weighted by Gasteiger charge is 2.26. The second-order valence-corrected chi connectivity index (χ2v) is 4.90. The third kappa shape index (κ3) is 3.19. The lowest BCUT2D eigenvalue weighted by Crippen LogP contribution is -2.39. The van der Waals surface area contributed by atoms with E-state index in [0.717, 1.165) is 45.5 Å². The van der Waals surface area contributed by atoms with Crippen molar-refractivity contribution in [1.82, 2.24) is 4.90 Å². The minimum absolute atomic E-state index is 0.154. The van der Waals surface area contributed by atoms with Crippen molar-refractivity contribution in [3.8, 4) is 0 Å². The molecular formula is C12H21NO3. The highest BCUT2D eigenvalue weighted by atomic mass is 16.5. The highest BCUT2D eigenvalue weighted by molar-refractivity contribution is 5.70. The zero-order valence-corrected chi connectivity index (χ0v) is 9.73. The van der Waals surface area contributed by atoms with E-state index in [1.165, 1.54) is 12.8 Å². The van der Waals surface area contributed by atoms with Crippen LogP contribution in [0.1, 0.15) is 32.1 Å². The van der Waals surface area contributed by atoms with Gasteiger partial charge in [-0.25, -0.2) is 0 Å². The summed E-state index contributed by atoms with van der Waals surface area (Å²) < 4.78 is 5.58. The zero-order chi connectivity index (χ0) is 11.4. The molecule has 2 atom stereocenters. The van der Waals surface area contributed by atoms with Gasteiger partial charge in [0.05, 0.1) is 12.0 Å². The lowest BCUT2D eigenvalue weighted by atomic mass is 9.98. The molecule has 0 bridgehead atoms. The van der Waals surface area contributed by atoms with Gasteiger partial charge in [-0.2, -0.15) is 0 Å². The number of rotatable bonds is 4. The Hall–Kier alpha value is -0.610. The minimum Gasteiger partial charge on any atom is -0.481 e. The van der Waals surface area contributed by atoms with E-state index in [9.17, 15) is 4.79 Å². The normalized spacial score (nSPS) is 31.8. The standard InChI is InChI=1S/C12H21NO3/c14-12(15)10-3-1-6-13(9-10)7-5-11-4-2-8-16-11/h10-11H,1-9H2,(H,14,15). The van der Waals surface area contributed by atoms with Gasteiger partial charge in [0.15, 0.2) is 0 Å². The number of carboxylic acid groups (broad SMARTS) is 1. The van der Waals surface area contributed by atoms with Gasteiger partial charge in [-0.3, -0.25) is 4.79 Å². The second kappa shape index (κ2) is 5.64. The van der Waals surface area contributed by atoms with Crippen molar-refractivity contribution in [1.29, 1.82) is 0 Å². The molecule has 0 radical (unpaired) electrons. The lowest BCUT2D eigenvalue weighted by molar-refractivity contribution is -0.143. The van der Waals surface area contributed by atoms with Crippen LogP contribution in [0.15, 0.2) is 0 Å². The quantitative estimate of drug-likeness (QED) is 0.787. The molecule has 2 aliphatic rings. The Morgan fingerprint density at radius 1 is 1.38 bits per heavy atom. The van der Waals surface area contributed by atoms with Crippen molar-refractivity contribution < 1.29 is 14.6 Å². The molecular weight excluding hydrogens is 206 g/mol. The summed E-state index contributed by atoms with van der Waals surface area (Å²) in [6.07, 6.45) is 5.70. The lowest BCUT2D eigenvalue weighted by Gasteiger charge is -2.31. The molecule has 0 aromatic rings. The van der Waals surface area contributed by atoms with Gasteiger partial charge >= 0.3 is 5.97 Å². The topological polar surface area (TPSA) is 49.8 Å². The van der Waals surface area contributed by atoms with Gasteiger partial charge in [-0.1, -0.05) is 0 Å². The van der Waals surface area contributed by atoms with Crippen LogP contribution in [0.5, 0.6) is 0 Å². The molecule has 0 spiro atoms. The summed E-state index contributed by atoms with van der Waals surface area (Å²) in [4.78, 5) is 13.2. The predicted octanol–water partition coefficient (Wildman–Crippen LogP) is 1.35. The molecule has 2 fully saturated rings. The van der Waals surface area contributed by atoms with Crippen LogP contribution in [0.3, 0.4) is 0 Å². The van der Waals surface area contributed by atoms with Crippen LogP contribution in [-0.4, -0.2) is 48.3 Å². The Morgan fingerprint density at radius 3 is 2.94 bits per heavy atom. The fraction of sp³-hybridized carbons (Fsp3) is 0.917. The first-order valence-corrected chi connectivity index (χ1v) is 6.32.